The first kappa shape index (κ1) is 19.5. The van der Waals surface area contributed by atoms with E-state index in [1.807, 2.05) is 57.4 Å². The van der Waals surface area contributed by atoms with Gasteiger partial charge in [-0.05, 0) is 56.4 Å². The summed E-state index contributed by atoms with van der Waals surface area (Å²) in [5.41, 5.74) is 3.06. The molecule has 2 amide bonds. The Hall–Kier alpha value is -2.86. The third kappa shape index (κ3) is 5.89. The molecule has 0 heterocycles. The fourth-order valence-corrected chi connectivity index (χ4v) is 2.47. The van der Waals surface area contributed by atoms with Crippen LogP contribution in [0.5, 0.6) is 5.75 Å². The molecule has 6 nitrogen and oxygen atoms in total. The molecule has 0 radical (unpaired) electrons. The highest BCUT2D eigenvalue weighted by Gasteiger charge is 2.11. The number of aryl methyl sites for hydroxylation is 1. The maximum Gasteiger partial charge on any atom is 0.238 e. The summed E-state index contributed by atoms with van der Waals surface area (Å²) in [4.78, 5) is 26.2. The number of ether oxygens (including phenoxy) is 1. The van der Waals surface area contributed by atoms with E-state index in [-0.39, 0.29) is 24.8 Å². The molecule has 0 saturated heterocycles. The molecule has 6 heteroatoms. The minimum Gasteiger partial charge on any atom is -0.497 e. The molecule has 0 aliphatic rings. The number of nitrogens with zero attached hydrogens (tertiary/aromatic N) is 1. The number of hydrogen-bond acceptors (Lipinski definition) is 4. The number of anilines is 2. The summed E-state index contributed by atoms with van der Waals surface area (Å²) in [6.07, 6.45) is 0.239. The van der Waals surface area contributed by atoms with E-state index in [2.05, 4.69) is 10.6 Å². The monoisotopic (exact) mass is 355 g/mol. The zero-order valence-electron chi connectivity index (χ0n) is 15.6. The van der Waals surface area contributed by atoms with Gasteiger partial charge in [-0.1, -0.05) is 18.2 Å². The summed E-state index contributed by atoms with van der Waals surface area (Å²) in [7, 11) is 5.25. The van der Waals surface area contributed by atoms with Crippen LogP contribution >= 0.6 is 0 Å². The molecule has 0 spiro atoms. The lowest BCUT2D eigenvalue weighted by atomic mass is 10.1. The molecular formula is C20H25N3O3. The lowest BCUT2D eigenvalue weighted by Crippen LogP contribution is -2.27. The van der Waals surface area contributed by atoms with Crippen molar-refractivity contribution in [2.24, 2.45) is 0 Å². The van der Waals surface area contributed by atoms with Crippen molar-refractivity contribution in [2.45, 2.75) is 13.3 Å². The Kier molecular flexibility index (Phi) is 6.74. The summed E-state index contributed by atoms with van der Waals surface area (Å²) >= 11 is 0. The van der Waals surface area contributed by atoms with Crippen LogP contribution in [0.4, 0.5) is 11.4 Å². The van der Waals surface area contributed by atoms with Gasteiger partial charge in [-0.15, -0.1) is 0 Å². The zero-order chi connectivity index (χ0) is 19.1. The van der Waals surface area contributed by atoms with Gasteiger partial charge in [0.2, 0.25) is 11.8 Å². The number of benzene rings is 2. The lowest BCUT2D eigenvalue weighted by molar-refractivity contribution is -0.117. The molecule has 2 aromatic rings. The summed E-state index contributed by atoms with van der Waals surface area (Å²) in [6.45, 7) is 2.21. The molecule has 0 unspecified atom stereocenters. The molecule has 0 bridgehead atoms. The van der Waals surface area contributed by atoms with Gasteiger partial charge in [-0.3, -0.25) is 9.59 Å². The second-order valence-corrected chi connectivity index (χ2v) is 6.41. The van der Waals surface area contributed by atoms with Crippen LogP contribution in [0.1, 0.15) is 11.1 Å². The number of likely N-dealkylation sites (N-methyl/N-ethyl adjacent to an activating group) is 1. The average molecular weight is 355 g/mol. The van der Waals surface area contributed by atoms with E-state index in [0.717, 1.165) is 16.9 Å². The number of carbonyl (C=O) groups excluding carboxylic acids is 2. The van der Waals surface area contributed by atoms with Crippen LogP contribution in [0.15, 0.2) is 42.5 Å². The van der Waals surface area contributed by atoms with Crippen molar-refractivity contribution in [1.29, 1.82) is 0 Å². The van der Waals surface area contributed by atoms with Gasteiger partial charge >= 0.3 is 0 Å². The fourth-order valence-electron chi connectivity index (χ4n) is 2.47. The Balaban J connectivity index is 2.07. The lowest BCUT2D eigenvalue weighted by Gasteiger charge is -2.15. The molecular weight excluding hydrogens is 330 g/mol. The van der Waals surface area contributed by atoms with Crippen molar-refractivity contribution in [3.05, 3.63) is 53.6 Å². The van der Waals surface area contributed by atoms with Gasteiger partial charge in [-0.25, -0.2) is 0 Å². The second-order valence-electron chi connectivity index (χ2n) is 6.41. The Morgan fingerprint density at radius 1 is 0.962 bits per heavy atom. The molecule has 0 aliphatic heterocycles. The van der Waals surface area contributed by atoms with E-state index in [1.165, 1.54) is 0 Å². The van der Waals surface area contributed by atoms with Crippen molar-refractivity contribution >= 4 is 23.2 Å². The van der Waals surface area contributed by atoms with Crippen molar-refractivity contribution in [3.8, 4) is 5.75 Å². The smallest absolute Gasteiger partial charge is 0.238 e. The molecule has 2 N–H and O–H groups in total. The van der Waals surface area contributed by atoms with Gasteiger partial charge in [-0.2, -0.15) is 0 Å². The maximum absolute atomic E-state index is 12.4. The predicted octanol–water partition coefficient (Wildman–Crippen LogP) is 2.68. The first-order valence-electron chi connectivity index (χ1n) is 8.35. The van der Waals surface area contributed by atoms with E-state index in [4.69, 9.17) is 4.74 Å². The van der Waals surface area contributed by atoms with Crippen LogP contribution in [0, 0.1) is 6.92 Å². The molecule has 0 aromatic heterocycles. The highest BCUT2D eigenvalue weighted by Crippen LogP contribution is 2.23. The fraction of sp³-hybridized carbons (Fsp3) is 0.300. The zero-order valence-corrected chi connectivity index (χ0v) is 15.6. The van der Waals surface area contributed by atoms with Crippen LogP contribution in [0.2, 0.25) is 0 Å². The Morgan fingerprint density at radius 3 is 2.23 bits per heavy atom. The standard InChI is InChI=1S/C20H25N3O3/c1-14-5-10-17(21-20(25)13-23(2)3)18(11-14)22-19(24)12-15-6-8-16(26-4)9-7-15/h5-11H,12-13H2,1-4H3,(H,21,25)(H,22,24). The highest BCUT2D eigenvalue weighted by atomic mass is 16.5. The molecule has 26 heavy (non-hydrogen) atoms. The largest absolute Gasteiger partial charge is 0.497 e. The van der Waals surface area contributed by atoms with Crippen LogP contribution in [-0.2, 0) is 16.0 Å². The molecule has 2 aromatic carbocycles. The number of hydrogen-bond donors (Lipinski definition) is 2. The average Bonchev–Trinajstić information content (AvgIpc) is 2.57. The molecule has 2 rings (SSSR count). The minimum atomic E-state index is -0.149. The summed E-state index contributed by atoms with van der Waals surface area (Å²) < 4.78 is 5.12. The SMILES string of the molecule is COc1ccc(CC(=O)Nc2cc(C)ccc2NC(=O)CN(C)C)cc1. The number of rotatable bonds is 7. The summed E-state index contributed by atoms with van der Waals surface area (Å²) in [6, 6.07) is 12.9. The molecule has 0 saturated carbocycles. The normalized spacial score (nSPS) is 10.5. The molecule has 0 atom stereocenters. The van der Waals surface area contributed by atoms with Gasteiger partial charge < -0.3 is 20.3 Å². The molecule has 0 fully saturated rings. The van der Waals surface area contributed by atoms with Crippen LogP contribution < -0.4 is 15.4 Å². The summed E-state index contributed by atoms with van der Waals surface area (Å²) in [5, 5.41) is 5.73. The predicted molar refractivity (Wildman–Crippen MR) is 104 cm³/mol. The van der Waals surface area contributed by atoms with Gasteiger partial charge in [0.05, 0.1) is 31.5 Å². The topological polar surface area (TPSA) is 70.7 Å². The van der Waals surface area contributed by atoms with Crippen molar-refractivity contribution in [3.63, 3.8) is 0 Å². The maximum atomic E-state index is 12.4. The van der Waals surface area contributed by atoms with Gasteiger partial charge in [0.15, 0.2) is 0 Å². The van der Waals surface area contributed by atoms with Gasteiger partial charge in [0.1, 0.15) is 5.75 Å². The third-order valence-electron chi connectivity index (χ3n) is 3.71. The third-order valence-corrected chi connectivity index (χ3v) is 3.71. The Bertz CT molecular complexity index is 770. The number of amides is 2. The van der Waals surface area contributed by atoms with E-state index in [9.17, 15) is 9.59 Å². The molecule has 0 aliphatic carbocycles. The summed E-state index contributed by atoms with van der Waals surface area (Å²) in [5.74, 6) is 0.465. The van der Waals surface area contributed by atoms with Crippen molar-refractivity contribution in [1.82, 2.24) is 4.90 Å². The first-order chi connectivity index (χ1) is 12.4. The van der Waals surface area contributed by atoms with Gasteiger partial charge in [0.25, 0.3) is 0 Å². The van der Waals surface area contributed by atoms with E-state index < -0.39 is 0 Å². The molecule has 138 valence electrons. The Morgan fingerprint density at radius 2 is 1.62 bits per heavy atom. The van der Waals surface area contributed by atoms with Crippen LogP contribution in [0.3, 0.4) is 0 Å². The minimum absolute atomic E-state index is 0.135. The van der Waals surface area contributed by atoms with Crippen LogP contribution in [0.25, 0.3) is 0 Å². The highest BCUT2D eigenvalue weighted by molar-refractivity contribution is 6.00. The van der Waals surface area contributed by atoms with Crippen molar-refractivity contribution in [2.75, 3.05) is 38.4 Å². The number of methoxy groups -OCH3 is 1. The van der Waals surface area contributed by atoms with E-state index in [1.54, 1.807) is 18.1 Å². The van der Waals surface area contributed by atoms with E-state index >= 15 is 0 Å². The Labute approximate surface area is 154 Å². The first-order valence-corrected chi connectivity index (χ1v) is 8.35. The quantitative estimate of drug-likeness (QED) is 0.801. The number of nitrogens with one attached hydrogen (secondary N) is 2. The second kappa shape index (κ2) is 9.01. The van der Waals surface area contributed by atoms with Crippen molar-refractivity contribution < 1.29 is 14.3 Å². The number of carbonyl (C=O) groups is 2. The van der Waals surface area contributed by atoms with Crippen LogP contribution in [-0.4, -0.2) is 44.5 Å². The van der Waals surface area contributed by atoms with E-state index in [0.29, 0.717) is 11.4 Å². The van der Waals surface area contributed by atoms with Gasteiger partial charge in [0, 0.05) is 0 Å².